The molecule has 1 aromatic heterocycles. The Morgan fingerprint density at radius 1 is 1.36 bits per heavy atom. The second-order valence-electron chi connectivity index (χ2n) is 2.84. The molecule has 0 saturated carbocycles. The molecule has 2 N–H and O–H groups in total. The minimum Gasteiger partial charge on any atom is -0.398 e. The molecule has 0 amide bonds. The lowest BCUT2D eigenvalue weighted by Gasteiger charge is -2.02. The molecule has 14 heavy (non-hydrogen) atoms. The van der Waals surface area contributed by atoms with Gasteiger partial charge in [0.05, 0.1) is 3.79 Å². The van der Waals surface area contributed by atoms with E-state index in [2.05, 4.69) is 15.9 Å². The molecule has 0 spiro atoms. The Morgan fingerprint density at radius 3 is 2.71 bits per heavy atom. The van der Waals surface area contributed by atoms with E-state index in [0.29, 0.717) is 15.8 Å². The van der Waals surface area contributed by atoms with E-state index in [4.69, 9.17) is 5.73 Å². The normalized spacial score (nSPS) is 11.4. The van der Waals surface area contributed by atoms with Gasteiger partial charge in [0, 0.05) is 21.3 Å². The molecule has 0 bridgehead atoms. The van der Waals surface area contributed by atoms with Gasteiger partial charge >= 0.3 is 0 Å². The van der Waals surface area contributed by atoms with E-state index in [1.165, 1.54) is 23.5 Å². The van der Waals surface area contributed by atoms with Gasteiger partial charge in [0.1, 0.15) is 0 Å². The first-order valence-electron chi connectivity index (χ1n) is 3.85. The van der Waals surface area contributed by atoms with Crippen molar-refractivity contribution in [1.82, 2.24) is 0 Å². The molecular formula is C9H6BrF2NS. The van der Waals surface area contributed by atoms with Crippen molar-refractivity contribution in [2.75, 3.05) is 5.73 Å². The van der Waals surface area contributed by atoms with Crippen molar-refractivity contribution in [3.8, 4) is 0 Å². The van der Waals surface area contributed by atoms with Gasteiger partial charge in [-0.2, -0.15) is 0 Å². The van der Waals surface area contributed by atoms with E-state index in [9.17, 15) is 8.78 Å². The Morgan fingerprint density at radius 2 is 2.07 bits per heavy atom. The van der Waals surface area contributed by atoms with Crippen LogP contribution in [0.5, 0.6) is 0 Å². The summed E-state index contributed by atoms with van der Waals surface area (Å²) in [6, 6.07) is 4.66. The highest BCUT2D eigenvalue weighted by atomic mass is 79.9. The van der Waals surface area contributed by atoms with E-state index in [1.807, 2.05) is 0 Å². The Hall–Kier alpha value is -0.680. The molecule has 0 fully saturated rings. The lowest BCUT2D eigenvalue weighted by Crippen LogP contribution is -1.89. The first kappa shape index (κ1) is 9.86. The van der Waals surface area contributed by atoms with Crippen LogP contribution in [0, 0.1) is 0 Å². The number of hydrogen-bond acceptors (Lipinski definition) is 2. The van der Waals surface area contributed by atoms with Crippen molar-refractivity contribution in [2.24, 2.45) is 0 Å². The lowest BCUT2D eigenvalue weighted by atomic mass is 10.1. The highest BCUT2D eigenvalue weighted by Crippen LogP contribution is 2.38. The molecule has 74 valence electrons. The fourth-order valence-corrected chi connectivity index (χ4v) is 2.95. The summed E-state index contributed by atoms with van der Waals surface area (Å²) in [7, 11) is 0. The number of halogens is 3. The first-order valence-corrected chi connectivity index (χ1v) is 5.46. The van der Waals surface area contributed by atoms with Crippen LogP contribution in [0.25, 0.3) is 10.1 Å². The zero-order valence-electron chi connectivity index (χ0n) is 6.93. The molecule has 0 atom stereocenters. The van der Waals surface area contributed by atoms with Gasteiger partial charge in [-0.3, -0.25) is 0 Å². The summed E-state index contributed by atoms with van der Waals surface area (Å²) in [6.45, 7) is 0. The van der Waals surface area contributed by atoms with Crippen LogP contribution < -0.4 is 5.73 Å². The Bertz CT molecular complexity index is 481. The number of alkyl halides is 2. The maximum atomic E-state index is 12.6. The zero-order valence-corrected chi connectivity index (χ0v) is 9.33. The topological polar surface area (TPSA) is 26.0 Å². The van der Waals surface area contributed by atoms with Crippen molar-refractivity contribution in [3.63, 3.8) is 0 Å². The summed E-state index contributed by atoms with van der Waals surface area (Å²) in [4.78, 5) is 0. The molecule has 0 aliphatic carbocycles. The summed E-state index contributed by atoms with van der Waals surface area (Å²) >= 11 is 4.54. The van der Waals surface area contributed by atoms with Crippen LogP contribution in [0.2, 0.25) is 0 Å². The van der Waals surface area contributed by atoms with Crippen LogP contribution >= 0.6 is 27.3 Å². The molecule has 1 heterocycles. The van der Waals surface area contributed by atoms with Crippen molar-refractivity contribution < 1.29 is 8.78 Å². The van der Waals surface area contributed by atoms with Crippen LogP contribution in [0.4, 0.5) is 14.5 Å². The minimum absolute atomic E-state index is 0.0462. The molecule has 1 nitrogen and oxygen atoms in total. The summed E-state index contributed by atoms with van der Waals surface area (Å²) in [5.74, 6) is 0. The summed E-state index contributed by atoms with van der Waals surface area (Å²) in [5.41, 5.74) is 6.26. The summed E-state index contributed by atoms with van der Waals surface area (Å²) in [6.07, 6.45) is -2.45. The number of hydrogen-bond donors (Lipinski definition) is 1. The number of nitrogen functional groups attached to an aromatic ring is 1. The van der Waals surface area contributed by atoms with Gasteiger partial charge in [-0.25, -0.2) is 8.78 Å². The highest BCUT2D eigenvalue weighted by Gasteiger charge is 2.14. The van der Waals surface area contributed by atoms with Gasteiger partial charge in [-0.1, -0.05) is 0 Å². The predicted molar refractivity (Wildman–Crippen MR) is 58.9 cm³/mol. The molecule has 5 heteroatoms. The molecule has 2 rings (SSSR count). The highest BCUT2D eigenvalue weighted by molar-refractivity contribution is 9.11. The van der Waals surface area contributed by atoms with Gasteiger partial charge in [-0.15, -0.1) is 11.3 Å². The van der Waals surface area contributed by atoms with Crippen LogP contribution in [0.3, 0.4) is 0 Å². The smallest absolute Gasteiger partial charge is 0.265 e. The molecule has 0 radical (unpaired) electrons. The Balaban J connectivity index is 2.81. The molecule has 0 aliphatic heterocycles. The third-order valence-corrected chi connectivity index (χ3v) is 3.64. The predicted octanol–water partition coefficient (Wildman–Crippen LogP) is 4.18. The van der Waals surface area contributed by atoms with E-state index < -0.39 is 6.43 Å². The second kappa shape index (κ2) is 3.47. The third kappa shape index (κ3) is 1.50. The van der Waals surface area contributed by atoms with Gasteiger partial charge in [0.2, 0.25) is 0 Å². The molecule has 2 aromatic rings. The van der Waals surface area contributed by atoms with Gasteiger partial charge in [0.25, 0.3) is 6.43 Å². The van der Waals surface area contributed by atoms with E-state index in [-0.39, 0.29) is 5.56 Å². The van der Waals surface area contributed by atoms with Crippen molar-refractivity contribution in [3.05, 3.63) is 27.5 Å². The molecule has 0 saturated heterocycles. The van der Waals surface area contributed by atoms with E-state index in [1.54, 1.807) is 6.07 Å². The van der Waals surface area contributed by atoms with Gasteiger partial charge in [-0.05, 0) is 34.1 Å². The molecule has 1 aromatic carbocycles. The lowest BCUT2D eigenvalue weighted by molar-refractivity contribution is 0.153. The summed E-state index contributed by atoms with van der Waals surface area (Å²) < 4.78 is 26.6. The zero-order chi connectivity index (χ0) is 10.3. The minimum atomic E-state index is -2.45. The maximum absolute atomic E-state index is 12.6. The number of fused-ring (bicyclic) bond motifs is 1. The molecule has 0 unspecified atom stereocenters. The van der Waals surface area contributed by atoms with Crippen LogP contribution in [-0.4, -0.2) is 0 Å². The van der Waals surface area contributed by atoms with Gasteiger partial charge < -0.3 is 5.73 Å². The van der Waals surface area contributed by atoms with Gasteiger partial charge in [0.15, 0.2) is 0 Å². The average Bonchev–Trinajstić information content (AvgIpc) is 2.47. The Kier molecular flexibility index (Phi) is 2.45. The van der Waals surface area contributed by atoms with E-state index in [0.717, 1.165) is 3.79 Å². The number of rotatable bonds is 1. The quantitative estimate of drug-likeness (QED) is 0.778. The fourth-order valence-electron chi connectivity index (χ4n) is 1.31. The second-order valence-corrected chi connectivity index (χ2v) is 5.27. The van der Waals surface area contributed by atoms with Crippen LogP contribution in [0.1, 0.15) is 12.0 Å². The summed E-state index contributed by atoms with van der Waals surface area (Å²) in [5, 5.41) is 0.694. The first-order chi connectivity index (χ1) is 6.59. The number of benzene rings is 1. The van der Waals surface area contributed by atoms with Crippen molar-refractivity contribution >= 4 is 43.0 Å². The third-order valence-electron chi connectivity index (χ3n) is 1.95. The van der Waals surface area contributed by atoms with E-state index >= 15 is 0 Å². The molecule has 0 aliphatic rings. The van der Waals surface area contributed by atoms with Crippen molar-refractivity contribution in [2.45, 2.75) is 6.43 Å². The standard InChI is InChI=1S/C9H6BrF2NS/c10-7-3-5-6(13)2-1-4(9(11)12)8(5)14-7/h1-3,9H,13H2. The maximum Gasteiger partial charge on any atom is 0.265 e. The van der Waals surface area contributed by atoms with Crippen LogP contribution in [-0.2, 0) is 0 Å². The monoisotopic (exact) mass is 277 g/mol. The van der Waals surface area contributed by atoms with Crippen LogP contribution in [0.15, 0.2) is 22.0 Å². The molecular weight excluding hydrogens is 272 g/mol. The Labute approximate surface area is 91.7 Å². The number of anilines is 1. The number of nitrogens with two attached hydrogens (primary N) is 1. The fraction of sp³-hybridized carbons (Fsp3) is 0.111. The average molecular weight is 278 g/mol. The SMILES string of the molecule is Nc1ccc(C(F)F)c2sc(Br)cc12. The largest absolute Gasteiger partial charge is 0.398 e. The van der Waals surface area contributed by atoms with Crippen molar-refractivity contribution in [1.29, 1.82) is 0 Å². The number of thiophene rings is 1.